The molecule has 0 N–H and O–H groups in total. The SMILES string of the molecule is COCCN(Cc1cccc(C#N)c1F)C(C)C. The lowest BCUT2D eigenvalue weighted by atomic mass is 10.1. The summed E-state index contributed by atoms with van der Waals surface area (Å²) in [5.74, 6) is -0.414. The number of hydrogen-bond acceptors (Lipinski definition) is 3. The van der Waals surface area contributed by atoms with Crippen LogP contribution in [0.5, 0.6) is 0 Å². The van der Waals surface area contributed by atoms with Crippen molar-refractivity contribution in [2.24, 2.45) is 0 Å². The first kappa shape index (κ1) is 14.6. The maximum atomic E-state index is 13.9. The van der Waals surface area contributed by atoms with Crippen LogP contribution in [0.2, 0.25) is 0 Å². The molecule has 18 heavy (non-hydrogen) atoms. The highest BCUT2D eigenvalue weighted by atomic mass is 19.1. The van der Waals surface area contributed by atoms with Crippen molar-refractivity contribution in [3.63, 3.8) is 0 Å². The third-order valence-electron chi connectivity index (χ3n) is 2.89. The van der Waals surface area contributed by atoms with Crippen molar-refractivity contribution >= 4 is 0 Å². The second kappa shape index (κ2) is 7.10. The molecule has 0 unspecified atom stereocenters. The summed E-state index contributed by atoms with van der Waals surface area (Å²) in [7, 11) is 1.65. The monoisotopic (exact) mass is 250 g/mol. The minimum atomic E-state index is -0.414. The predicted molar refractivity (Wildman–Crippen MR) is 68.5 cm³/mol. The first-order chi connectivity index (χ1) is 8.60. The van der Waals surface area contributed by atoms with E-state index in [4.69, 9.17) is 10.00 Å². The van der Waals surface area contributed by atoms with Crippen LogP contribution in [0.1, 0.15) is 25.0 Å². The average molecular weight is 250 g/mol. The maximum Gasteiger partial charge on any atom is 0.145 e. The number of hydrogen-bond donors (Lipinski definition) is 0. The summed E-state index contributed by atoms with van der Waals surface area (Å²) in [6, 6.07) is 7.09. The molecule has 0 aliphatic heterocycles. The molecule has 1 aromatic carbocycles. The van der Waals surface area contributed by atoms with E-state index in [1.165, 1.54) is 6.07 Å². The van der Waals surface area contributed by atoms with E-state index in [9.17, 15) is 4.39 Å². The second-order valence-electron chi connectivity index (χ2n) is 4.45. The van der Waals surface area contributed by atoms with Gasteiger partial charge in [-0.15, -0.1) is 0 Å². The third kappa shape index (κ3) is 3.80. The van der Waals surface area contributed by atoms with E-state index < -0.39 is 5.82 Å². The van der Waals surface area contributed by atoms with Gasteiger partial charge in [0.15, 0.2) is 0 Å². The lowest BCUT2D eigenvalue weighted by Crippen LogP contribution is -2.33. The molecule has 0 atom stereocenters. The molecule has 0 amide bonds. The lowest BCUT2D eigenvalue weighted by molar-refractivity contribution is 0.124. The van der Waals surface area contributed by atoms with Gasteiger partial charge in [-0.3, -0.25) is 4.90 Å². The molecule has 0 radical (unpaired) electrons. The van der Waals surface area contributed by atoms with Crippen LogP contribution < -0.4 is 0 Å². The molecule has 3 nitrogen and oxygen atoms in total. The molecule has 0 saturated carbocycles. The maximum absolute atomic E-state index is 13.9. The molecule has 0 fully saturated rings. The molecule has 1 aromatic rings. The Hall–Kier alpha value is -1.44. The highest BCUT2D eigenvalue weighted by molar-refractivity contribution is 5.34. The van der Waals surface area contributed by atoms with Crippen LogP contribution >= 0.6 is 0 Å². The number of ether oxygens (including phenoxy) is 1. The fourth-order valence-corrected chi connectivity index (χ4v) is 1.74. The van der Waals surface area contributed by atoms with Crippen molar-refractivity contribution in [3.8, 4) is 6.07 Å². The zero-order chi connectivity index (χ0) is 13.5. The molecule has 1 rings (SSSR count). The summed E-state index contributed by atoms with van der Waals surface area (Å²) < 4.78 is 19.0. The summed E-state index contributed by atoms with van der Waals surface area (Å²) in [5, 5.41) is 8.80. The third-order valence-corrected chi connectivity index (χ3v) is 2.89. The zero-order valence-corrected chi connectivity index (χ0v) is 11.1. The van der Waals surface area contributed by atoms with Gasteiger partial charge in [-0.1, -0.05) is 12.1 Å². The van der Waals surface area contributed by atoms with Crippen molar-refractivity contribution < 1.29 is 9.13 Å². The van der Waals surface area contributed by atoms with Crippen LogP contribution in [0.25, 0.3) is 0 Å². The van der Waals surface area contributed by atoms with Gasteiger partial charge < -0.3 is 4.74 Å². The number of methoxy groups -OCH3 is 1. The van der Waals surface area contributed by atoms with Gasteiger partial charge in [0.25, 0.3) is 0 Å². The first-order valence-electron chi connectivity index (χ1n) is 6.00. The molecule has 0 bridgehead atoms. The van der Waals surface area contributed by atoms with Crippen LogP contribution in [-0.2, 0) is 11.3 Å². The summed E-state index contributed by atoms with van der Waals surface area (Å²) in [6.45, 7) is 5.95. The van der Waals surface area contributed by atoms with E-state index in [0.29, 0.717) is 24.8 Å². The van der Waals surface area contributed by atoms with Crippen molar-refractivity contribution in [2.75, 3.05) is 20.3 Å². The molecule has 98 valence electrons. The molecule has 0 heterocycles. The fourth-order valence-electron chi connectivity index (χ4n) is 1.74. The van der Waals surface area contributed by atoms with E-state index in [0.717, 1.165) is 6.54 Å². The minimum Gasteiger partial charge on any atom is -0.383 e. The summed E-state index contributed by atoms with van der Waals surface area (Å²) in [4.78, 5) is 2.11. The van der Waals surface area contributed by atoms with Gasteiger partial charge in [-0.25, -0.2) is 4.39 Å². The van der Waals surface area contributed by atoms with E-state index in [2.05, 4.69) is 18.7 Å². The van der Waals surface area contributed by atoms with Crippen molar-refractivity contribution in [3.05, 3.63) is 35.1 Å². The van der Waals surface area contributed by atoms with E-state index in [1.807, 2.05) is 6.07 Å². The van der Waals surface area contributed by atoms with Gasteiger partial charge in [-0.2, -0.15) is 5.26 Å². The molecule has 0 aromatic heterocycles. The van der Waals surface area contributed by atoms with Crippen molar-refractivity contribution in [1.82, 2.24) is 4.90 Å². The number of nitriles is 1. The second-order valence-corrected chi connectivity index (χ2v) is 4.45. The lowest BCUT2D eigenvalue weighted by Gasteiger charge is -2.26. The Morgan fingerprint density at radius 2 is 2.17 bits per heavy atom. The van der Waals surface area contributed by atoms with Gasteiger partial charge in [-0.05, 0) is 19.9 Å². The Balaban J connectivity index is 2.84. The first-order valence-corrected chi connectivity index (χ1v) is 6.00. The van der Waals surface area contributed by atoms with Crippen molar-refractivity contribution in [1.29, 1.82) is 5.26 Å². The van der Waals surface area contributed by atoms with Crippen LogP contribution in [0, 0.1) is 17.1 Å². The number of halogens is 1. The summed E-state index contributed by atoms with van der Waals surface area (Å²) in [6.07, 6.45) is 0. The Kier molecular flexibility index (Phi) is 5.76. The normalized spacial score (nSPS) is 10.9. The number of nitrogens with zero attached hydrogens (tertiary/aromatic N) is 2. The smallest absolute Gasteiger partial charge is 0.145 e. The van der Waals surface area contributed by atoms with Gasteiger partial charge in [0, 0.05) is 31.8 Å². The Bertz CT molecular complexity index is 426. The molecule has 0 spiro atoms. The quantitative estimate of drug-likeness (QED) is 0.778. The highest BCUT2D eigenvalue weighted by Gasteiger charge is 2.14. The van der Waals surface area contributed by atoms with Crippen molar-refractivity contribution in [2.45, 2.75) is 26.4 Å². The topological polar surface area (TPSA) is 36.3 Å². The standard InChI is InChI=1S/C14H19FN2O/c1-11(2)17(7-8-18-3)10-13-6-4-5-12(9-16)14(13)15/h4-6,11H,7-8,10H2,1-3H3. The fraction of sp³-hybridized carbons (Fsp3) is 0.500. The van der Waals surface area contributed by atoms with Gasteiger partial charge >= 0.3 is 0 Å². The molecule has 0 saturated heterocycles. The van der Waals surface area contributed by atoms with Crippen LogP contribution in [0.3, 0.4) is 0 Å². The van der Waals surface area contributed by atoms with Crippen LogP contribution in [-0.4, -0.2) is 31.2 Å². The Labute approximate surface area is 108 Å². The molecule has 0 aliphatic carbocycles. The molecular weight excluding hydrogens is 231 g/mol. The molecule has 4 heteroatoms. The van der Waals surface area contributed by atoms with Crippen LogP contribution in [0.4, 0.5) is 4.39 Å². The van der Waals surface area contributed by atoms with Gasteiger partial charge in [0.1, 0.15) is 11.9 Å². The molecule has 0 aliphatic rings. The van der Waals surface area contributed by atoms with Crippen LogP contribution in [0.15, 0.2) is 18.2 Å². The Morgan fingerprint density at radius 1 is 1.44 bits per heavy atom. The zero-order valence-electron chi connectivity index (χ0n) is 11.1. The van der Waals surface area contributed by atoms with Gasteiger partial charge in [0.05, 0.1) is 12.2 Å². The van der Waals surface area contributed by atoms with E-state index in [1.54, 1.807) is 19.2 Å². The van der Waals surface area contributed by atoms with E-state index >= 15 is 0 Å². The predicted octanol–water partition coefficient (Wildman–Crippen LogP) is 2.55. The van der Waals surface area contributed by atoms with Gasteiger partial charge in [0.2, 0.25) is 0 Å². The number of rotatable bonds is 6. The summed E-state index contributed by atoms with van der Waals surface area (Å²) >= 11 is 0. The minimum absolute atomic E-state index is 0.1000. The largest absolute Gasteiger partial charge is 0.383 e. The summed E-state index contributed by atoms with van der Waals surface area (Å²) in [5.41, 5.74) is 0.654. The van der Waals surface area contributed by atoms with E-state index in [-0.39, 0.29) is 5.56 Å². The Morgan fingerprint density at radius 3 is 2.72 bits per heavy atom. The highest BCUT2D eigenvalue weighted by Crippen LogP contribution is 2.15. The average Bonchev–Trinajstić information content (AvgIpc) is 2.36. The number of benzene rings is 1. The molecular formula is C14H19FN2O.